The fourth-order valence-electron chi connectivity index (χ4n) is 2.60. The molecule has 118 valence electrons. The maximum Gasteiger partial charge on any atom is 0.126 e. The number of nitrogens with zero attached hydrogens (tertiary/aromatic N) is 3. The number of pyridine rings is 1. The molecule has 2 rings (SSSR count). The van der Waals surface area contributed by atoms with Gasteiger partial charge in [0, 0.05) is 46.3 Å². The van der Waals surface area contributed by atoms with Crippen LogP contribution >= 0.6 is 11.6 Å². The number of piperazine rings is 1. The van der Waals surface area contributed by atoms with Gasteiger partial charge in [-0.05, 0) is 26.0 Å². The molecule has 0 spiro atoms. The Morgan fingerprint density at radius 1 is 1.24 bits per heavy atom. The third-order valence-electron chi connectivity index (χ3n) is 3.62. The van der Waals surface area contributed by atoms with E-state index < -0.39 is 5.60 Å². The average molecular weight is 313 g/mol. The Labute approximate surface area is 131 Å². The number of nitrogens with one attached hydrogen (secondary N) is 1. The largest absolute Gasteiger partial charge is 0.389 e. The van der Waals surface area contributed by atoms with Crippen LogP contribution in [0.25, 0.3) is 0 Å². The molecule has 21 heavy (non-hydrogen) atoms. The lowest BCUT2D eigenvalue weighted by molar-refractivity contribution is 0.0165. The standard InChI is InChI=1S/C15H25ClN4O/c1-15(2,21)11-20-8-6-19(7-9-20)10-13-12(16)4-5-14(17-3)18-13/h4-5,21H,6-11H2,1-3H3,(H,17,18). The number of anilines is 1. The zero-order chi connectivity index (χ0) is 15.5. The van der Waals surface area contributed by atoms with E-state index in [2.05, 4.69) is 20.1 Å². The molecule has 1 saturated heterocycles. The molecule has 6 heteroatoms. The monoisotopic (exact) mass is 312 g/mol. The van der Waals surface area contributed by atoms with E-state index in [1.54, 1.807) is 0 Å². The molecular weight excluding hydrogens is 288 g/mol. The highest BCUT2D eigenvalue weighted by Gasteiger charge is 2.23. The molecule has 0 atom stereocenters. The molecule has 0 amide bonds. The van der Waals surface area contributed by atoms with E-state index in [4.69, 9.17) is 11.6 Å². The van der Waals surface area contributed by atoms with E-state index in [9.17, 15) is 5.11 Å². The summed E-state index contributed by atoms with van der Waals surface area (Å²) < 4.78 is 0. The number of aliphatic hydroxyl groups is 1. The Bertz CT molecular complexity index is 467. The molecule has 1 aliphatic heterocycles. The second-order valence-corrected chi connectivity index (χ2v) is 6.65. The molecule has 0 aliphatic carbocycles. The summed E-state index contributed by atoms with van der Waals surface area (Å²) in [6.07, 6.45) is 0. The molecule has 1 fully saturated rings. The second-order valence-electron chi connectivity index (χ2n) is 6.24. The van der Waals surface area contributed by atoms with Gasteiger partial charge in [-0.1, -0.05) is 11.6 Å². The first-order chi connectivity index (χ1) is 9.87. The van der Waals surface area contributed by atoms with Crippen molar-refractivity contribution < 1.29 is 5.11 Å². The van der Waals surface area contributed by atoms with Crippen LogP contribution in [0.5, 0.6) is 0 Å². The number of rotatable bonds is 5. The number of halogens is 1. The predicted molar refractivity (Wildman–Crippen MR) is 86.8 cm³/mol. The summed E-state index contributed by atoms with van der Waals surface area (Å²) in [5, 5.41) is 13.6. The lowest BCUT2D eigenvalue weighted by Crippen LogP contribution is -2.50. The van der Waals surface area contributed by atoms with Crippen molar-refractivity contribution in [2.75, 3.05) is 45.1 Å². The topological polar surface area (TPSA) is 51.6 Å². The van der Waals surface area contributed by atoms with Gasteiger partial charge in [-0.3, -0.25) is 9.80 Å². The van der Waals surface area contributed by atoms with Gasteiger partial charge in [-0.15, -0.1) is 0 Å². The lowest BCUT2D eigenvalue weighted by atomic mass is 10.1. The van der Waals surface area contributed by atoms with Crippen LogP contribution in [-0.2, 0) is 6.54 Å². The van der Waals surface area contributed by atoms with Gasteiger partial charge in [0.05, 0.1) is 16.3 Å². The Kier molecular flexibility index (Phi) is 5.43. The molecule has 1 aromatic rings. The van der Waals surface area contributed by atoms with Gasteiger partial charge in [0.1, 0.15) is 5.82 Å². The van der Waals surface area contributed by atoms with Crippen molar-refractivity contribution in [2.24, 2.45) is 0 Å². The van der Waals surface area contributed by atoms with Gasteiger partial charge in [-0.25, -0.2) is 4.98 Å². The first-order valence-electron chi connectivity index (χ1n) is 7.37. The Balaban J connectivity index is 1.89. The minimum Gasteiger partial charge on any atom is -0.389 e. The summed E-state index contributed by atoms with van der Waals surface area (Å²) in [6.45, 7) is 9.06. The van der Waals surface area contributed by atoms with Gasteiger partial charge < -0.3 is 10.4 Å². The van der Waals surface area contributed by atoms with Crippen molar-refractivity contribution in [2.45, 2.75) is 26.0 Å². The highest BCUT2D eigenvalue weighted by molar-refractivity contribution is 6.31. The zero-order valence-corrected chi connectivity index (χ0v) is 13.8. The molecule has 2 heterocycles. The molecule has 5 nitrogen and oxygen atoms in total. The number of aromatic nitrogens is 1. The van der Waals surface area contributed by atoms with Crippen LogP contribution in [0.3, 0.4) is 0 Å². The summed E-state index contributed by atoms with van der Waals surface area (Å²) in [5.41, 5.74) is 0.285. The molecule has 2 N–H and O–H groups in total. The fourth-order valence-corrected chi connectivity index (χ4v) is 2.76. The molecule has 0 unspecified atom stereocenters. The van der Waals surface area contributed by atoms with E-state index in [1.165, 1.54) is 0 Å². The number of β-amino-alcohol motifs (C(OH)–C–C–N with tert-alkyl or cyclic N) is 1. The molecule has 0 bridgehead atoms. The van der Waals surface area contributed by atoms with E-state index >= 15 is 0 Å². The van der Waals surface area contributed by atoms with Crippen LogP contribution in [0.15, 0.2) is 12.1 Å². The minimum absolute atomic E-state index is 0.631. The maximum absolute atomic E-state index is 9.88. The first kappa shape index (κ1) is 16.5. The summed E-state index contributed by atoms with van der Waals surface area (Å²) in [4.78, 5) is 9.18. The van der Waals surface area contributed by atoms with Crippen LogP contribution in [-0.4, -0.2) is 65.3 Å². The zero-order valence-electron chi connectivity index (χ0n) is 13.1. The second kappa shape index (κ2) is 6.92. The molecular formula is C15H25ClN4O. The Hall–Kier alpha value is -0.880. The van der Waals surface area contributed by atoms with Gasteiger partial charge in [0.2, 0.25) is 0 Å². The maximum atomic E-state index is 9.88. The molecule has 1 aliphatic rings. The molecule has 0 saturated carbocycles. The van der Waals surface area contributed by atoms with Gasteiger partial charge >= 0.3 is 0 Å². The van der Waals surface area contributed by atoms with E-state index in [1.807, 2.05) is 33.0 Å². The normalized spacial score (nSPS) is 18.0. The Morgan fingerprint density at radius 2 is 1.86 bits per heavy atom. The van der Waals surface area contributed by atoms with Crippen LogP contribution in [0.1, 0.15) is 19.5 Å². The molecule has 1 aromatic heterocycles. The smallest absolute Gasteiger partial charge is 0.126 e. The quantitative estimate of drug-likeness (QED) is 0.866. The SMILES string of the molecule is CNc1ccc(Cl)c(CN2CCN(CC(C)(C)O)CC2)n1. The summed E-state index contributed by atoms with van der Waals surface area (Å²) in [5.74, 6) is 0.843. The van der Waals surface area contributed by atoms with Crippen molar-refractivity contribution in [3.05, 3.63) is 22.8 Å². The Morgan fingerprint density at radius 3 is 2.43 bits per heavy atom. The fraction of sp³-hybridized carbons (Fsp3) is 0.667. The first-order valence-corrected chi connectivity index (χ1v) is 7.75. The van der Waals surface area contributed by atoms with E-state index in [-0.39, 0.29) is 0 Å². The molecule has 0 radical (unpaired) electrons. The van der Waals surface area contributed by atoms with Crippen LogP contribution in [0.2, 0.25) is 5.02 Å². The van der Waals surface area contributed by atoms with Crippen molar-refractivity contribution in [1.29, 1.82) is 0 Å². The van der Waals surface area contributed by atoms with Crippen molar-refractivity contribution in [1.82, 2.24) is 14.8 Å². The predicted octanol–water partition coefficient (Wildman–Crippen LogP) is 1.67. The number of hydrogen-bond acceptors (Lipinski definition) is 5. The van der Waals surface area contributed by atoms with Gasteiger partial charge in [0.25, 0.3) is 0 Å². The lowest BCUT2D eigenvalue weighted by Gasteiger charge is -2.37. The van der Waals surface area contributed by atoms with Crippen LogP contribution < -0.4 is 5.32 Å². The highest BCUT2D eigenvalue weighted by atomic mass is 35.5. The third-order valence-corrected chi connectivity index (χ3v) is 3.97. The minimum atomic E-state index is -0.631. The van der Waals surface area contributed by atoms with Gasteiger partial charge in [-0.2, -0.15) is 0 Å². The highest BCUT2D eigenvalue weighted by Crippen LogP contribution is 2.19. The van der Waals surface area contributed by atoms with Crippen molar-refractivity contribution >= 4 is 17.4 Å². The summed E-state index contributed by atoms with van der Waals surface area (Å²) >= 11 is 6.23. The van der Waals surface area contributed by atoms with E-state index in [0.717, 1.165) is 50.8 Å². The van der Waals surface area contributed by atoms with Crippen LogP contribution in [0.4, 0.5) is 5.82 Å². The van der Waals surface area contributed by atoms with Gasteiger partial charge in [0.15, 0.2) is 0 Å². The number of hydrogen-bond donors (Lipinski definition) is 2. The average Bonchev–Trinajstić information content (AvgIpc) is 2.42. The third kappa shape index (κ3) is 5.11. The van der Waals surface area contributed by atoms with Crippen molar-refractivity contribution in [3.63, 3.8) is 0 Å². The van der Waals surface area contributed by atoms with Crippen molar-refractivity contribution in [3.8, 4) is 0 Å². The molecule has 0 aromatic carbocycles. The van der Waals surface area contributed by atoms with Crippen LogP contribution in [0, 0.1) is 0 Å². The summed E-state index contributed by atoms with van der Waals surface area (Å²) in [6, 6.07) is 3.77. The van der Waals surface area contributed by atoms with E-state index in [0.29, 0.717) is 5.02 Å². The summed E-state index contributed by atoms with van der Waals surface area (Å²) in [7, 11) is 1.86.